The number of hydrogen-bond donors (Lipinski definition) is 0. The van der Waals surface area contributed by atoms with E-state index in [0.29, 0.717) is 22.0 Å². The molecule has 4 rings (SSSR count). The number of esters is 1. The Hall–Kier alpha value is -2.05. The molecule has 1 aliphatic heterocycles. The van der Waals surface area contributed by atoms with E-state index in [1.54, 1.807) is 10.6 Å². The summed E-state index contributed by atoms with van der Waals surface area (Å²) in [5, 5.41) is 0. The lowest BCUT2D eigenvalue weighted by atomic mass is 9.98. The highest BCUT2D eigenvalue weighted by molar-refractivity contribution is 7.91. The number of rotatable bonds is 5. The molecule has 8 nitrogen and oxygen atoms in total. The van der Waals surface area contributed by atoms with Crippen LogP contribution >= 0.6 is 34.3 Å². The number of hydrogen-bond acceptors (Lipinski definition) is 7. The number of methoxy groups -OCH3 is 1. The molecule has 0 unspecified atom stereocenters. The molecule has 1 saturated heterocycles. The average molecular weight is 528 g/mol. The van der Waals surface area contributed by atoms with Crippen LogP contribution in [0.2, 0.25) is 4.34 Å². The number of piperidine rings is 1. The number of sulfonamides is 1. The van der Waals surface area contributed by atoms with E-state index in [1.165, 1.54) is 28.8 Å². The summed E-state index contributed by atoms with van der Waals surface area (Å²) in [5.41, 5.74) is 1.87. The monoisotopic (exact) mass is 527 g/mol. The number of fused-ring (bicyclic) bond motifs is 1. The Balaban J connectivity index is 1.55. The molecule has 1 aliphatic rings. The molecule has 0 saturated carbocycles. The first-order valence-corrected chi connectivity index (χ1v) is 13.6. The Labute approximate surface area is 204 Å². The van der Waals surface area contributed by atoms with E-state index >= 15 is 0 Å². The summed E-state index contributed by atoms with van der Waals surface area (Å²) in [5.74, 6) is -1.13. The lowest BCUT2D eigenvalue weighted by Gasteiger charge is -2.29. The van der Waals surface area contributed by atoms with E-state index in [9.17, 15) is 18.0 Å². The summed E-state index contributed by atoms with van der Waals surface area (Å²) in [6.45, 7) is 2.39. The van der Waals surface area contributed by atoms with Crippen LogP contribution in [-0.4, -0.2) is 49.4 Å². The van der Waals surface area contributed by atoms with E-state index < -0.39 is 16.0 Å². The van der Waals surface area contributed by atoms with Crippen molar-refractivity contribution in [2.75, 3.05) is 20.2 Å². The van der Waals surface area contributed by atoms with Gasteiger partial charge in [0.2, 0.25) is 0 Å². The number of thiazole rings is 1. The van der Waals surface area contributed by atoms with E-state index in [0.717, 1.165) is 27.1 Å². The maximum absolute atomic E-state index is 13.0. The minimum Gasteiger partial charge on any atom is -0.468 e. The van der Waals surface area contributed by atoms with Crippen molar-refractivity contribution in [2.45, 2.75) is 30.5 Å². The molecule has 0 spiro atoms. The molecule has 2 aromatic heterocycles. The largest absolute Gasteiger partial charge is 0.468 e. The van der Waals surface area contributed by atoms with Crippen molar-refractivity contribution >= 4 is 66.4 Å². The Morgan fingerprint density at radius 2 is 1.91 bits per heavy atom. The molecule has 1 aromatic carbocycles. The van der Waals surface area contributed by atoms with Crippen molar-refractivity contribution in [1.29, 1.82) is 0 Å². The van der Waals surface area contributed by atoms with Gasteiger partial charge in [-0.2, -0.15) is 9.30 Å². The van der Waals surface area contributed by atoms with Crippen molar-refractivity contribution in [3.8, 4) is 0 Å². The van der Waals surface area contributed by atoms with Crippen LogP contribution in [0, 0.1) is 12.8 Å². The van der Waals surface area contributed by atoms with Gasteiger partial charge in [0, 0.05) is 19.0 Å². The Morgan fingerprint density at radius 1 is 1.18 bits per heavy atom. The van der Waals surface area contributed by atoms with Crippen molar-refractivity contribution in [3.63, 3.8) is 0 Å². The minimum atomic E-state index is -3.62. The van der Waals surface area contributed by atoms with Crippen LogP contribution in [0.3, 0.4) is 0 Å². The Morgan fingerprint density at radius 3 is 2.55 bits per heavy atom. The number of aryl methyl sites for hydroxylation is 1. The maximum atomic E-state index is 13.0. The zero-order valence-electron chi connectivity index (χ0n) is 18.0. The first-order valence-electron chi connectivity index (χ1n) is 10.2. The van der Waals surface area contributed by atoms with Crippen LogP contribution in [0.4, 0.5) is 0 Å². The minimum absolute atomic E-state index is 0.0499. The molecule has 0 radical (unpaired) electrons. The van der Waals surface area contributed by atoms with Crippen LogP contribution < -0.4 is 4.80 Å². The van der Waals surface area contributed by atoms with Gasteiger partial charge in [-0.25, -0.2) is 8.42 Å². The Bertz CT molecular complexity index is 1380. The third kappa shape index (κ3) is 5.07. The molecule has 1 fully saturated rings. The van der Waals surface area contributed by atoms with Crippen LogP contribution in [0.25, 0.3) is 10.2 Å². The molecular formula is C21H22ClN3O5S3. The van der Waals surface area contributed by atoms with Gasteiger partial charge in [-0.15, -0.1) is 11.3 Å². The van der Waals surface area contributed by atoms with Gasteiger partial charge in [0.25, 0.3) is 15.9 Å². The van der Waals surface area contributed by atoms with E-state index in [-0.39, 0.29) is 35.7 Å². The van der Waals surface area contributed by atoms with Gasteiger partial charge in [-0.3, -0.25) is 9.59 Å². The summed E-state index contributed by atoms with van der Waals surface area (Å²) in [6.07, 6.45) is 0.753. The molecular weight excluding hydrogens is 506 g/mol. The van der Waals surface area contributed by atoms with Crippen LogP contribution in [-0.2, 0) is 30.9 Å². The van der Waals surface area contributed by atoms with Gasteiger partial charge in [-0.1, -0.05) is 29.0 Å². The standard InChI is InChI=1S/C21H22ClN3O5S3/c1-13-3-4-15-16(11-13)31-21(25(15)12-18(26)30-2)23-20(27)14-7-9-24(10-8-14)33(28,29)19-6-5-17(22)32-19/h3-6,11,14H,7-10,12H2,1-2H3. The highest BCUT2D eigenvalue weighted by atomic mass is 35.5. The third-order valence-electron chi connectivity index (χ3n) is 5.50. The van der Waals surface area contributed by atoms with Crippen molar-refractivity contribution in [1.82, 2.24) is 8.87 Å². The van der Waals surface area contributed by atoms with E-state index in [4.69, 9.17) is 16.3 Å². The first kappa shape index (κ1) is 24.1. The fraction of sp³-hybridized carbons (Fsp3) is 0.381. The van der Waals surface area contributed by atoms with Gasteiger partial charge >= 0.3 is 5.97 Å². The fourth-order valence-electron chi connectivity index (χ4n) is 3.70. The molecule has 3 aromatic rings. The van der Waals surface area contributed by atoms with Crippen LogP contribution in [0.1, 0.15) is 18.4 Å². The predicted octanol–water partition coefficient (Wildman–Crippen LogP) is 3.43. The van der Waals surface area contributed by atoms with Crippen LogP contribution in [0.15, 0.2) is 39.5 Å². The summed E-state index contributed by atoms with van der Waals surface area (Å²) >= 11 is 8.24. The number of carbonyl (C=O) groups is 2. The molecule has 1 amide bonds. The molecule has 0 bridgehead atoms. The number of amides is 1. The zero-order chi connectivity index (χ0) is 23.8. The number of aromatic nitrogens is 1. The number of thiophene rings is 1. The summed E-state index contributed by atoms with van der Waals surface area (Å²) in [4.78, 5) is 29.7. The van der Waals surface area contributed by atoms with Crippen molar-refractivity contribution in [3.05, 3.63) is 45.0 Å². The lowest BCUT2D eigenvalue weighted by Crippen LogP contribution is -2.40. The lowest BCUT2D eigenvalue weighted by molar-refractivity contribution is -0.141. The smallest absolute Gasteiger partial charge is 0.325 e. The Kier molecular flexibility index (Phi) is 7.06. The third-order valence-corrected chi connectivity index (χ3v) is 10.1. The van der Waals surface area contributed by atoms with Crippen molar-refractivity contribution < 1.29 is 22.7 Å². The number of ether oxygens (including phenoxy) is 1. The van der Waals surface area contributed by atoms with E-state index in [1.807, 2.05) is 25.1 Å². The summed E-state index contributed by atoms with van der Waals surface area (Å²) in [7, 11) is -2.31. The summed E-state index contributed by atoms with van der Waals surface area (Å²) in [6, 6.07) is 8.87. The second-order valence-corrected chi connectivity index (χ2v) is 12.6. The molecule has 12 heteroatoms. The average Bonchev–Trinajstić information content (AvgIpc) is 3.37. The van der Waals surface area contributed by atoms with Crippen LogP contribution in [0.5, 0.6) is 0 Å². The number of halogens is 1. The quantitative estimate of drug-likeness (QED) is 0.473. The number of benzene rings is 1. The predicted molar refractivity (Wildman–Crippen MR) is 128 cm³/mol. The first-order chi connectivity index (χ1) is 15.7. The zero-order valence-corrected chi connectivity index (χ0v) is 21.2. The topological polar surface area (TPSA) is 98.0 Å². The normalized spacial score (nSPS) is 16.4. The van der Waals surface area contributed by atoms with Gasteiger partial charge in [0.15, 0.2) is 4.80 Å². The van der Waals surface area contributed by atoms with Crippen molar-refractivity contribution in [2.24, 2.45) is 10.9 Å². The molecule has 0 N–H and O–H groups in total. The second kappa shape index (κ2) is 9.67. The molecule has 0 aliphatic carbocycles. The number of carbonyl (C=O) groups excluding carboxylic acids is 2. The maximum Gasteiger partial charge on any atom is 0.325 e. The van der Waals surface area contributed by atoms with Gasteiger partial charge < -0.3 is 9.30 Å². The molecule has 0 atom stereocenters. The van der Waals surface area contributed by atoms with Gasteiger partial charge in [-0.05, 0) is 49.6 Å². The molecule has 33 heavy (non-hydrogen) atoms. The second-order valence-electron chi connectivity index (χ2n) is 7.71. The number of nitrogens with zero attached hydrogens (tertiary/aromatic N) is 3. The highest BCUT2D eigenvalue weighted by Gasteiger charge is 2.33. The SMILES string of the molecule is COC(=O)Cn1c(=NC(=O)C2CCN(S(=O)(=O)c3ccc(Cl)s3)CC2)sc2cc(C)ccc21. The summed E-state index contributed by atoms with van der Waals surface area (Å²) < 4.78 is 35.0. The molecule has 176 valence electrons. The molecule has 3 heterocycles. The van der Waals surface area contributed by atoms with E-state index in [2.05, 4.69) is 4.99 Å². The fourth-order valence-corrected chi connectivity index (χ4v) is 7.94. The van der Waals surface area contributed by atoms with Gasteiger partial charge in [0.1, 0.15) is 10.8 Å². The highest BCUT2D eigenvalue weighted by Crippen LogP contribution is 2.31. The van der Waals surface area contributed by atoms with Gasteiger partial charge in [0.05, 0.1) is 21.7 Å².